The summed E-state index contributed by atoms with van der Waals surface area (Å²) in [5.41, 5.74) is 24.2. The minimum atomic E-state index is -2.49. The smallest absolute Gasteiger partial charge is 0.329 e. The van der Waals surface area contributed by atoms with E-state index in [-0.39, 0.29) is 73.8 Å². The Morgan fingerprint density at radius 1 is 0.752 bits per heavy atom. The lowest BCUT2D eigenvalue weighted by Crippen LogP contribution is -2.61. The van der Waals surface area contributed by atoms with Crippen molar-refractivity contribution in [3.63, 3.8) is 0 Å². The first-order chi connectivity index (χ1) is 58.3. The Hall–Kier alpha value is -8.20. The molecule has 4 aromatic heterocycles. The molecule has 34 heteroatoms. The van der Waals surface area contributed by atoms with Crippen molar-refractivity contribution in [2.75, 3.05) is 132 Å². The molecule has 9 rings (SSSR count). The number of nitrogens with zero attached hydrogens (tertiary/aromatic N) is 10. The molecule has 1 aliphatic carbocycles. The number of piperidine rings is 1. The molecule has 3 aliphatic heterocycles. The van der Waals surface area contributed by atoms with Crippen LogP contribution in [0.4, 0.5) is 11.8 Å². The molecule has 34 nitrogen and oxygen atoms in total. The van der Waals surface area contributed by atoms with Gasteiger partial charge in [-0.1, -0.05) is 69.4 Å². The molecule has 121 heavy (non-hydrogen) atoms. The number of aliphatic hydroxyl groups is 3. The number of aryl methyl sites for hydroxylation is 2. The highest BCUT2D eigenvalue weighted by atomic mass is 16.6. The molecule has 0 unspecified atom stereocenters. The Morgan fingerprint density at radius 2 is 1.46 bits per heavy atom. The number of hydrogen-bond donors (Lipinski definition) is 6. The fourth-order valence-electron chi connectivity index (χ4n) is 16.0. The largest absolute Gasteiger partial charge is 0.459 e. The second-order valence-electron chi connectivity index (χ2n) is 32.5. The first kappa shape index (κ1) is 96.6. The average Bonchev–Trinajstić information content (AvgIpc) is 1.70. The molecule has 7 heterocycles. The molecule has 15 atom stereocenters. The lowest BCUT2D eigenvalue weighted by molar-refractivity contribution is -0.265. The molecule has 0 spiro atoms. The van der Waals surface area contributed by atoms with Crippen molar-refractivity contribution in [2.24, 2.45) is 35.3 Å². The van der Waals surface area contributed by atoms with Crippen LogP contribution in [0.5, 0.6) is 0 Å². The Labute approximate surface area is 709 Å². The van der Waals surface area contributed by atoms with E-state index in [1.165, 1.54) is 19.3 Å². The zero-order valence-corrected chi connectivity index (χ0v) is 72.1. The van der Waals surface area contributed by atoms with Gasteiger partial charge in [-0.2, -0.15) is 10.1 Å². The van der Waals surface area contributed by atoms with E-state index in [0.717, 1.165) is 47.4 Å². The van der Waals surface area contributed by atoms with Gasteiger partial charge in [0.1, 0.15) is 53.5 Å². The maximum absolute atomic E-state index is 14.7. The van der Waals surface area contributed by atoms with Gasteiger partial charge in [0.15, 0.2) is 17.0 Å². The van der Waals surface area contributed by atoms with E-state index in [1.54, 1.807) is 57.7 Å². The summed E-state index contributed by atoms with van der Waals surface area (Å²) in [7, 11) is 4.99. The van der Waals surface area contributed by atoms with Crippen LogP contribution in [0.3, 0.4) is 0 Å². The van der Waals surface area contributed by atoms with Crippen LogP contribution in [0, 0.1) is 29.6 Å². The monoisotopic (exact) mass is 1690 g/mol. The zero-order chi connectivity index (χ0) is 87.0. The highest BCUT2D eigenvalue weighted by molar-refractivity contribution is 6.39. The summed E-state index contributed by atoms with van der Waals surface area (Å²) in [5, 5.41) is 48.8. The van der Waals surface area contributed by atoms with Crippen LogP contribution >= 0.6 is 0 Å². The number of aliphatic hydroxyl groups excluding tert-OH is 2. The van der Waals surface area contributed by atoms with Gasteiger partial charge in [0.25, 0.3) is 17.7 Å². The van der Waals surface area contributed by atoms with Crippen molar-refractivity contribution in [2.45, 2.75) is 231 Å². The van der Waals surface area contributed by atoms with Gasteiger partial charge in [0, 0.05) is 95.9 Å². The number of allylic oxidation sites excluding steroid dienone is 6. The van der Waals surface area contributed by atoms with Crippen molar-refractivity contribution >= 4 is 69.1 Å². The van der Waals surface area contributed by atoms with E-state index in [2.05, 4.69) is 25.3 Å². The molecule has 4 aliphatic rings. The van der Waals surface area contributed by atoms with Gasteiger partial charge in [-0.3, -0.25) is 24.0 Å². The minimum Gasteiger partial charge on any atom is -0.459 e. The van der Waals surface area contributed by atoms with Crippen LogP contribution < -0.4 is 17.2 Å². The van der Waals surface area contributed by atoms with Crippen LogP contribution in [-0.4, -0.2) is 281 Å². The minimum absolute atomic E-state index is 0.00535. The van der Waals surface area contributed by atoms with Crippen LogP contribution in [0.2, 0.25) is 0 Å². The SMILES string of the molecule is CO[C@H]1C[C@@H]2CC[C@@H](C)[C@@](O)(O2)C(=O)C(=O)N2CCCC[C@H]2C(=O)O[C@H]([C@H](N)C[C@@H]2CC[C@@H](OCCCCc3cn(CCOCCOCCOCCOCCOCCOCCC(=O)N(C)CCCCn4nc(-c5ccc6oc(N)nc6c5)c5c(N)ncnc54)nn3)[C@H](OC)C2)CC(=O)[C@H](C)/C=C(\C)[C@@H](O)[C@@H](O)C(=O)[C@H](C)C[C@H](C)/C=C/C=CC=C1C. The van der Waals surface area contributed by atoms with Crippen LogP contribution in [0.15, 0.2) is 82.7 Å². The number of anilines is 2. The molecular formula is C87H131N13O21. The second kappa shape index (κ2) is 49.3. The standard InChI is InChI=1S/C87H131N13O21/c1-56-19-11-10-12-20-57(2)72(110-8)52-65-26-23-61(6)87(109,121-65)81(106)84(107)99-31-15-13-22-68(99)85(108)119-73(53-69(101)58(3)48-60(5)79(104)80(105)78(103)59(4)47-56)66(88)49-62-24-27-71(74(50-62)111-9)118-34-18-14-21-64-54-98(96-94-64)33-36-113-38-40-115-42-44-117-46-45-116-43-41-114-39-37-112-35-29-75(102)97(7)30-16-17-32-100-83-76(82(89)91-55-92-83)77(95-100)63-25-28-70-67(51-63)93-86(90)120-70/h10-12,19-20,25,28,48,51,54-56,58-59,61-62,65-66,68,71-74,79-80,104-105,109H,13-18,21-24,26-27,29-47,49-50,52-53,88H2,1-9H3,(H2,90,93)(H2,89,91,92)/b12-10?,19-11+,57-20?,60-48+/t56-,58-,59-,61-,62+,65+,66-,68+,71-,72+,73+,74-,79-,80+,87-/m1/s1. The Balaban J connectivity index is 0.616. The molecule has 1 saturated carbocycles. The number of methoxy groups -OCH3 is 2. The number of hydrogen-bond acceptors (Lipinski definition) is 30. The Bertz CT molecular complexity index is 4220. The molecule has 1 aromatic carbocycles. The van der Waals surface area contributed by atoms with Crippen molar-refractivity contribution < 1.29 is 101 Å². The number of nitrogen functional groups attached to an aromatic ring is 2. The van der Waals surface area contributed by atoms with Gasteiger partial charge < -0.3 is 98.8 Å². The van der Waals surface area contributed by atoms with E-state index in [1.807, 2.05) is 67.2 Å². The number of cyclic esters (lactones) is 1. The molecular weight excluding hydrogens is 1560 g/mol. The van der Waals surface area contributed by atoms with E-state index in [9.17, 15) is 44.1 Å². The zero-order valence-electron chi connectivity index (χ0n) is 72.1. The third-order valence-electron chi connectivity index (χ3n) is 23.3. The number of carbonyl (C=O) groups is 6. The number of carbonyl (C=O) groups excluding carboxylic acids is 6. The first-order valence-corrected chi connectivity index (χ1v) is 43.0. The number of oxazole rings is 1. The van der Waals surface area contributed by atoms with Crippen molar-refractivity contribution in [3.8, 4) is 11.3 Å². The summed E-state index contributed by atoms with van der Waals surface area (Å²) in [6.07, 6.45) is 16.7. The number of rotatable bonds is 38. The highest BCUT2D eigenvalue weighted by Crippen LogP contribution is 2.39. The predicted octanol–water partition coefficient (Wildman–Crippen LogP) is 7.40. The topological polar surface area (TPSA) is 450 Å². The summed E-state index contributed by atoms with van der Waals surface area (Å²) in [6.45, 7) is 17.3. The van der Waals surface area contributed by atoms with E-state index in [0.29, 0.717) is 203 Å². The van der Waals surface area contributed by atoms with Gasteiger partial charge in [-0.05, 0) is 151 Å². The van der Waals surface area contributed by atoms with Crippen LogP contribution in [-0.2, 0) is 100 Å². The maximum Gasteiger partial charge on any atom is 0.329 e. The summed E-state index contributed by atoms with van der Waals surface area (Å²) in [5.74, 6) is -8.58. The lowest BCUT2D eigenvalue weighted by Gasteiger charge is -2.42. The molecule has 2 amide bonds. The number of nitrogens with two attached hydrogens (primary N) is 3. The lowest BCUT2D eigenvalue weighted by atomic mass is 9.80. The molecule has 2 bridgehead atoms. The van der Waals surface area contributed by atoms with Crippen LogP contribution in [0.1, 0.15) is 156 Å². The quantitative estimate of drug-likeness (QED) is 0.00969. The second-order valence-corrected chi connectivity index (χ2v) is 32.5. The van der Waals surface area contributed by atoms with Gasteiger partial charge in [0.05, 0.1) is 128 Å². The van der Waals surface area contributed by atoms with Gasteiger partial charge in [-0.15, -0.1) is 5.10 Å². The van der Waals surface area contributed by atoms with Crippen molar-refractivity contribution in [1.82, 2.24) is 49.5 Å². The normalized spacial score (nSPS) is 26.6. The van der Waals surface area contributed by atoms with E-state index < -0.39 is 95.4 Å². The number of amides is 2. The highest BCUT2D eigenvalue weighted by Gasteiger charge is 2.53. The summed E-state index contributed by atoms with van der Waals surface area (Å²) in [4.78, 5) is 100. The third kappa shape index (κ3) is 28.9. The number of aromatic nitrogens is 8. The van der Waals surface area contributed by atoms with Gasteiger partial charge in [0.2, 0.25) is 11.7 Å². The molecule has 9 N–H and O–H groups in total. The Kier molecular flexibility index (Phi) is 39.4. The maximum atomic E-state index is 14.7. The van der Waals surface area contributed by atoms with Gasteiger partial charge >= 0.3 is 5.97 Å². The first-order valence-electron chi connectivity index (χ1n) is 43.0. The number of ether oxygens (including phenoxy) is 11. The Morgan fingerprint density at radius 3 is 2.17 bits per heavy atom. The number of esters is 1. The number of Topliss-reactive ketones (excluding diaryl/α,β-unsaturated/α-hetero) is 3. The number of unbranched alkanes of at least 4 members (excludes halogenated alkanes) is 2. The fourth-order valence-corrected chi connectivity index (χ4v) is 16.0. The molecule has 3 fully saturated rings. The molecule has 5 aromatic rings. The predicted molar refractivity (Wildman–Crippen MR) is 449 cm³/mol. The molecule has 670 valence electrons. The third-order valence-corrected chi connectivity index (χ3v) is 23.3. The number of benzene rings is 1. The van der Waals surface area contributed by atoms with E-state index >= 15 is 0 Å². The molecule has 2 saturated heterocycles. The summed E-state index contributed by atoms with van der Waals surface area (Å²) >= 11 is 0. The average molecular weight is 1700 g/mol. The van der Waals surface area contributed by atoms with Gasteiger partial charge in [-0.25, -0.2) is 24.1 Å². The summed E-state index contributed by atoms with van der Waals surface area (Å²) in [6, 6.07) is 3.45. The van der Waals surface area contributed by atoms with Crippen molar-refractivity contribution in [1.29, 1.82) is 0 Å². The van der Waals surface area contributed by atoms with Crippen LogP contribution in [0.25, 0.3) is 33.4 Å². The number of ketones is 3. The number of fused-ring (bicyclic) bond motifs is 5. The summed E-state index contributed by atoms with van der Waals surface area (Å²) < 4.78 is 73.7. The van der Waals surface area contributed by atoms with E-state index in [4.69, 9.17) is 78.8 Å². The molecule has 0 radical (unpaired) electrons. The fraction of sp³-hybridized carbons (Fsp3) is 0.678. The van der Waals surface area contributed by atoms with Crippen molar-refractivity contribution in [3.05, 3.63) is 84.0 Å².